The van der Waals surface area contributed by atoms with Crippen LogP contribution in [-0.2, 0) is 20.0 Å². The molecule has 30 heavy (non-hydrogen) atoms. The van der Waals surface area contributed by atoms with E-state index in [-0.39, 0.29) is 0 Å². The van der Waals surface area contributed by atoms with Gasteiger partial charge < -0.3 is 25.1 Å². The number of hydrogen-bond acceptors (Lipinski definition) is 4. The molecule has 3 aromatic rings. The van der Waals surface area contributed by atoms with Gasteiger partial charge in [0.2, 0.25) is 0 Å². The van der Waals surface area contributed by atoms with Crippen LogP contribution in [0.2, 0.25) is 0 Å². The fourth-order valence-corrected chi connectivity index (χ4v) is 4.22. The van der Waals surface area contributed by atoms with E-state index in [1.165, 1.54) is 12.1 Å². The van der Waals surface area contributed by atoms with Gasteiger partial charge in [-0.2, -0.15) is 0 Å². The molecule has 0 radical (unpaired) electrons. The standard InChI is InChI=1S/C23H27N3O4/c1-4-17-20(25-22(28)19(21(17)27)23(29)30)13-5-6-18-14(8-13)9-16(26(18)3)11-24-10-15-7-12(15)2/h5-6,8-9,12,15,24H,4,7,10-11H2,1-3H3,(H,29,30)(H2,25,27,28). The van der Waals surface area contributed by atoms with Crippen LogP contribution in [0.4, 0.5) is 0 Å². The van der Waals surface area contributed by atoms with Gasteiger partial charge in [-0.05, 0) is 55.0 Å². The van der Waals surface area contributed by atoms with Crippen LogP contribution >= 0.6 is 0 Å². The molecule has 0 bridgehead atoms. The molecule has 0 amide bonds. The highest BCUT2D eigenvalue weighted by Gasteiger charge is 2.31. The number of fused-ring (bicyclic) bond motifs is 1. The maximum absolute atomic E-state index is 12.3. The van der Waals surface area contributed by atoms with Gasteiger partial charge in [0.05, 0.1) is 5.69 Å². The number of carbonyl (C=O) groups is 1. The SMILES string of the molecule is CCc1c(-c2ccc3c(c2)cc(CNCC2CC2C)n3C)[nH]c(=O)c(C(=O)O)c1O. The summed E-state index contributed by atoms with van der Waals surface area (Å²) in [4.78, 5) is 26.3. The fourth-order valence-electron chi connectivity index (χ4n) is 4.22. The Morgan fingerprint density at radius 2 is 2.07 bits per heavy atom. The van der Waals surface area contributed by atoms with Crippen LogP contribution in [-0.4, -0.2) is 32.3 Å². The van der Waals surface area contributed by atoms with Crippen molar-refractivity contribution in [2.24, 2.45) is 18.9 Å². The molecule has 1 fully saturated rings. The summed E-state index contributed by atoms with van der Waals surface area (Å²) in [6.07, 6.45) is 1.69. The van der Waals surface area contributed by atoms with E-state index in [1.54, 1.807) is 0 Å². The molecule has 2 heterocycles. The van der Waals surface area contributed by atoms with Gasteiger partial charge in [-0.25, -0.2) is 4.79 Å². The van der Waals surface area contributed by atoms with E-state index >= 15 is 0 Å². The zero-order chi connectivity index (χ0) is 21.6. The van der Waals surface area contributed by atoms with Crippen LogP contribution < -0.4 is 10.9 Å². The first-order valence-electron chi connectivity index (χ1n) is 10.3. The highest BCUT2D eigenvalue weighted by molar-refractivity contribution is 5.92. The number of hydrogen-bond donors (Lipinski definition) is 4. The molecule has 0 spiro atoms. The monoisotopic (exact) mass is 409 g/mol. The average Bonchev–Trinajstić information content (AvgIpc) is 3.31. The molecular formula is C23H27N3O4. The number of aromatic carboxylic acids is 1. The third kappa shape index (κ3) is 3.50. The second-order valence-corrected chi connectivity index (χ2v) is 8.26. The molecule has 7 nitrogen and oxygen atoms in total. The molecule has 1 aliphatic rings. The zero-order valence-electron chi connectivity index (χ0n) is 17.5. The number of carboxylic acids is 1. The van der Waals surface area contributed by atoms with E-state index in [2.05, 4.69) is 27.9 Å². The first-order chi connectivity index (χ1) is 14.3. The second kappa shape index (κ2) is 7.65. The number of aromatic amines is 1. The quantitative estimate of drug-likeness (QED) is 0.479. The van der Waals surface area contributed by atoms with Gasteiger partial charge in [-0.1, -0.05) is 19.9 Å². The highest BCUT2D eigenvalue weighted by Crippen LogP contribution is 2.37. The largest absolute Gasteiger partial charge is 0.506 e. The number of nitrogens with one attached hydrogen (secondary N) is 2. The minimum Gasteiger partial charge on any atom is -0.506 e. The van der Waals surface area contributed by atoms with Gasteiger partial charge in [0, 0.05) is 35.8 Å². The van der Waals surface area contributed by atoms with Crippen molar-refractivity contribution >= 4 is 16.9 Å². The molecule has 2 atom stereocenters. The minimum atomic E-state index is -1.44. The van der Waals surface area contributed by atoms with Crippen molar-refractivity contribution in [2.45, 2.75) is 33.2 Å². The van der Waals surface area contributed by atoms with E-state index in [9.17, 15) is 19.8 Å². The zero-order valence-corrected chi connectivity index (χ0v) is 17.5. The van der Waals surface area contributed by atoms with Gasteiger partial charge in [0.1, 0.15) is 5.75 Å². The van der Waals surface area contributed by atoms with E-state index in [0.717, 1.165) is 41.4 Å². The number of benzene rings is 1. The van der Waals surface area contributed by atoms with Crippen molar-refractivity contribution in [2.75, 3.05) is 6.54 Å². The molecule has 158 valence electrons. The summed E-state index contributed by atoms with van der Waals surface area (Å²) in [5, 5.41) is 24.2. The Labute approximate surface area is 174 Å². The van der Waals surface area contributed by atoms with Crippen LogP contribution in [0, 0.1) is 11.8 Å². The molecule has 4 rings (SSSR count). The normalized spacial score (nSPS) is 18.1. The van der Waals surface area contributed by atoms with Crippen LogP contribution in [0.1, 0.15) is 41.9 Å². The summed E-state index contributed by atoms with van der Waals surface area (Å²) in [6, 6.07) is 7.95. The lowest BCUT2D eigenvalue weighted by molar-refractivity contribution is 0.0691. The summed E-state index contributed by atoms with van der Waals surface area (Å²) in [7, 11) is 2.03. The third-order valence-electron chi connectivity index (χ3n) is 6.28. The Bertz CT molecular complexity index is 1190. The number of aryl methyl sites for hydroxylation is 1. The van der Waals surface area contributed by atoms with E-state index in [1.807, 2.05) is 32.2 Å². The van der Waals surface area contributed by atoms with Crippen LogP contribution in [0.3, 0.4) is 0 Å². The fraction of sp³-hybridized carbons (Fsp3) is 0.391. The van der Waals surface area contributed by atoms with Crippen molar-refractivity contribution in [3.05, 3.63) is 51.4 Å². The Morgan fingerprint density at radius 1 is 1.33 bits per heavy atom. The van der Waals surface area contributed by atoms with Crippen molar-refractivity contribution in [3.8, 4) is 17.0 Å². The van der Waals surface area contributed by atoms with Crippen LogP contribution in [0.25, 0.3) is 22.2 Å². The van der Waals surface area contributed by atoms with Crippen molar-refractivity contribution in [3.63, 3.8) is 0 Å². The maximum atomic E-state index is 12.3. The molecule has 1 saturated carbocycles. The summed E-state index contributed by atoms with van der Waals surface area (Å²) in [6.45, 7) is 5.91. The first-order valence-corrected chi connectivity index (χ1v) is 10.3. The number of aromatic hydroxyl groups is 1. The molecule has 0 aliphatic heterocycles. The molecule has 2 aromatic heterocycles. The lowest BCUT2D eigenvalue weighted by Gasteiger charge is -2.12. The van der Waals surface area contributed by atoms with Gasteiger partial charge in [-0.15, -0.1) is 0 Å². The first kappa shape index (κ1) is 20.2. The number of aromatic nitrogens is 2. The Balaban J connectivity index is 1.70. The smallest absolute Gasteiger partial charge is 0.345 e. The Morgan fingerprint density at radius 3 is 2.70 bits per heavy atom. The maximum Gasteiger partial charge on any atom is 0.345 e. The molecule has 2 unspecified atom stereocenters. The average molecular weight is 409 g/mol. The summed E-state index contributed by atoms with van der Waals surface area (Å²) >= 11 is 0. The molecule has 1 aliphatic carbocycles. The molecular weight excluding hydrogens is 382 g/mol. The minimum absolute atomic E-state index is 0.389. The van der Waals surface area contributed by atoms with Gasteiger partial charge in [-0.3, -0.25) is 4.79 Å². The highest BCUT2D eigenvalue weighted by atomic mass is 16.4. The summed E-state index contributed by atoms with van der Waals surface area (Å²) in [5.41, 5.74) is 2.43. The lowest BCUT2D eigenvalue weighted by Crippen LogP contribution is -2.20. The molecule has 7 heteroatoms. The van der Waals surface area contributed by atoms with E-state index < -0.39 is 22.8 Å². The lowest BCUT2D eigenvalue weighted by atomic mass is 9.99. The summed E-state index contributed by atoms with van der Waals surface area (Å²) < 4.78 is 2.15. The van der Waals surface area contributed by atoms with Gasteiger partial charge >= 0.3 is 5.97 Å². The predicted octanol–water partition coefficient (Wildman–Crippen LogP) is 3.25. The molecule has 0 saturated heterocycles. The molecule has 1 aromatic carbocycles. The van der Waals surface area contributed by atoms with Crippen molar-refractivity contribution in [1.82, 2.24) is 14.9 Å². The third-order valence-corrected chi connectivity index (χ3v) is 6.28. The molecule has 4 N–H and O–H groups in total. The summed E-state index contributed by atoms with van der Waals surface area (Å²) in [5.74, 6) is -0.286. The number of H-pyrrole nitrogens is 1. The number of rotatable bonds is 7. The number of carboxylic acid groups (broad SMARTS) is 1. The van der Waals surface area contributed by atoms with Crippen molar-refractivity contribution in [1.29, 1.82) is 0 Å². The Kier molecular flexibility index (Phi) is 5.15. The van der Waals surface area contributed by atoms with Gasteiger partial charge in [0.15, 0.2) is 5.56 Å². The topological polar surface area (TPSA) is 107 Å². The number of nitrogens with zero attached hydrogens (tertiary/aromatic N) is 1. The van der Waals surface area contributed by atoms with Crippen LogP contribution in [0.15, 0.2) is 29.1 Å². The van der Waals surface area contributed by atoms with Crippen molar-refractivity contribution < 1.29 is 15.0 Å². The number of pyridine rings is 1. The second-order valence-electron chi connectivity index (χ2n) is 8.26. The van der Waals surface area contributed by atoms with Crippen LogP contribution in [0.5, 0.6) is 5.75 Å². The van der Waals surface area contributed by atoms with Gasteiger partial charge in [0.25, 0.3) is 5.56 Å². The Hall–Kier alpha value is -3.06. The van der Waals surface area contributed by atoms with E-state index in [0.29, 0.717) is 17.7 Å². The van der Waals surface area contributed by atoms with E-state index in [4.69, 9.17) is 0 Å². The predicted molar refractivity (Wildman–Crippen MR) is 116 cm³/mol.